The molecule has 0 aliphatic heterocycles. The fraction of sp³-hybridized carbons (Fsp3) is 0.480. The molecule has 0 aromatic heterocycles. The molecule has 0 nitrogen and oxygen atoms in total. The Morgan fingerprint density at radius 1 is 1.07 bits per heavy atom. The topological polar surface area (TPSA) is 0 Å². The predicted octanol–water partition coefficient (Wildman–Crippen LogP) is 9.12. The van der Waals surface area contributed by atoms with Gasteiger partial charge in [0.1, 0.15) is 0 Å². The number of rotatable bonds is 8. The van der Waals surface area contributed by atoms with Crippen LogP contribution >= 0.6 is 26.5 Å². The van der Waals surface area contributed by atoms with Gasteiger partial charge in [-0.1, -0.05) is 66.9 Å². The minimum absolute atomic E-state index is 0.0972. The van der Waals surface area contributed by atoms with E-state index in [4.69, 9.17) is 18.6 Å². The third-order valence-corrected chi connectivity index (χ3v) is 7.90. The van der Waals surface area contributed by atoms with Crippen LogP contribution in [0.4, 0.5) is 0 Å². The second-order valence-electron chi connectivity index (χ2n) is 7.25. The Hall–Kier alpha value is 0.0343. The summed E-state index contributed by atoms with van der Waals surface area (Å²) >= 11 is -0.556. The average Bonchev–Trinajstić information content (AvgIpc) is 3.33. The Labute approximate surface area is 196 Å². The van der Waals surface area contributed by atoms with Gasteiger partial charge in [0.05, 0.1) is 0 Å². The van der Waals surface area contributed by atoms with Crippen LogP contribution in [0.15, 0.2) is 53.6 Å². The van der Waals surface area contributed by atoms with Crippen LogP contribution in [0.3, 0.4) is 0 Å². The molecule has 0 unspecified atom stereocenters. The number of unbranched alkanes of at least 4 members (excludes halogenated alkanes) is 1. The van der Waals surface area contributed by atoms with Crippen LogP contribution in [0.5, 0.6) is 0 Å². The number of hydrogen-bond acceptors (Lipinski definition) is 0. The van der Waals surface area contributed by atoms with Crippen molar-refractivity contribution in [1.82, 2.24) is 0 Å². The molecular weight excluding hydrogens is 450 g/mol. The molecule has 2 aromatic carbocycles. The number of hydrogen-bond donors (Lipinski definition) is 0. The zero-order valence-corrected chi connectivity index (χ0v) is 22.4. The summed E-state index contributed by atoms with van der Waals surface area (Å²) in [7, 11) is 9.88. The zero-order valence-electron chi connectivity index (χ0n) is 18.4. The number of allylic oxidation sites excluding steroid dienone is 4. The molecule has 0 bridgehead atoms. The first kappa shape index (κ1) is 27.1. The number of halogens is 2. The van der Waals surface area contributed by atoms with Gasteiger partial charge in [0.25, 0.3) is 0 Å². The van der Waals surface area contributed by atoms with Gasteiger partial charge in [-0.2, -0.15) is 12.1 Å². The van der Waals surface area contributed by atoms with Gasteiger partial charge in [0.15, 0.2) is 0 Å². The molecule has 0 saturated heterocycles. The van der Waals surface area contributed by atoms with Crippen LogP contribution in [-0.4, -0.2) is 12.3 Å². The summed E-state index contributed by atoms with van der Waals surface area (Å²) in [4.78, 5) is 0. The van der Waals surface area contributed by atoms with Crippen molar-refractivity contribution in [2.24, 2.45) is 0 Å². The van der Waals surface area contributed by atoms with Crippen molar-refractivity contribution < 1.29 is 17.0 Å². The maximum atomic E-state index is 4.89. The van der Waals surface area contributed by atoms with Crippen LogP contribution in [0.25, 0.3) is 10.8 Å². The molecular formula is C25H35Cl2PTi-2. The van der Waals surface area contributed by atoms with Crippen molar-refractivity contribution in [2.45, 2.75) is 66.2 Å². The summed E-state index contributed by atoms with van der Waals surface area (Å²) in [6.07, 6.45) is 15.9. The molecule has 0 N–H and O–H groups in total. The van der Waals surface area contributed by atoms with Gasteiger partial charge in [0.2, 0.25) is 0 Å². The monoisotopic (exact) mass is 484 g/mol. The zero-order chi connectivity index (χ0) is 21.5. The summed E-state index contributed by atoms with van der Waals surface area (Å²) in [5, 5.41) is 4.44. The first-order valence-electron chi connectivity index (χ1n) is 10.7. The first-order valence-corrected chi connectivity index (χ1v) is 16.8. The van der Waals surface area contributed by atoms with Crippen molar-refractivity contribution >= 4 is 42.6 Å². The molecule has 0 radical (unpaired) electrons. The standard InChI is InChI=1S/C15H20P.C10H15.2ClH.Ti/c1-3-9-16(10-4-2)15-11-13-7-5-6-8-14(13)12-15;1-3-4-7-10-8-5-6-9(10)2;;;/h5-8,11-12H,3-4,9-10H2,1-2H3;6H,3-5,7H2,1-2H3;2*1H;/q2*-1;;;+2/p-2. The van der Waals surface area contributed by atoms with Gasteiger partial charge in [-0.3, -0.25) is 6.08 Å². The predicted molar refractivity (Wildman–Crippen MR) is 133 cm³/mol. The maximum absolute atomic E-state index is 4.89. The number of benzene rings is 1. The van der Waals surface area contributed by atoms with Gasteiger partial charge in [-0.15, -0.1) is 53.7 Å². The van der Waals surface area contributed by atoms with Crippen molar-refractivity contribution in [1.29, 1.82) is 0 Å². The van der Waals surface area contributed by atoms with Gasteiger partial charge >= 0.3 is 35.6 Å². The third-order valence-electron chi connectivity index (χ3n) is 4.94. The van der Waals surface area contributed by atoms with Gasteiger partial charge in [-0.05, 0) is 12.3 Å². The summed E-state index contributed by atoms with van der Waals surface area (Å²) in [5.74, 6) is 0. The van der Waals surface area contributed by atoms with E-state index in [0.717, 1.165) is 6.42 Å². The van der Waals surface area contributed by atoms with Crippen LogP contribution in [0, 0.1) is 6.08 Å². The molecule has 29 heavy (non-hydrogen) atoms. The summed E-state index contributed by atoms with van der Waals surface area (Å²) < 4.78 is 0. The normalized spacial score (nSPS) is 12.7. The average molecular weight is 485 g/mol. The van der Waals surface area contributed by atoms with Gasteiger partial charge < -0.3 is 0 Å². The fourth-order valence-electron chi connectivity index (χ4n) is 3.46. The van der Waals surface area contributed by atoms with E-state index in [9.17, 15) is 0 Å². The Morgan fingerprint density at radius 3 is 2.24 bits per heavy atom. The molecule has 1 aliphatic carbocycles. The molecule has 3 rings (SSSR count). The number of fused-ring (bicyclic) bond motifs is 1. The van der Waals surface area contributed by atoms with E-state index in [1.807, 2.05) is 0 Å². The van der Waals surface area contributed by atoms with E-state index >= 15 is 0 Å². The molecule has 0 amide bonds. The fourth-order valence-corrected chi connectivity index (χ4v) is 5.92. The summed E-state index contributed by atoms with van der Waals surface area (Å²) in [6, 6.07) is 13.5. The molecule has 0 spiro atoms. The van der Waals surface area contributed by atoms with Crippen LogP contribution < -0.4 is 5.30 Å². The molecule has 4 heteroatoms. The van der Waals surface area contributed by atoms with E-state index in [-0.39, 0.29) is 7.92 Å². The van der Waals surface area contributed by atoms with E-state index in [0.29, 0.717) is 0 Å². The Morgan fingerprint density at radius 2 is 1.72 bits per heavy atom. The third kappa shape index (κ3) is 10.3. The summed E-state index contributed by atoms with van der Waals surface area (Å²) in [5.41, 5.74) is 2.91. The van der Waals surface area contributed by atoms with Crippen molar-refractivity contribution in [2.75, 3.05) is 12.3 Å². The first-order chi connectivity index (χ1) is 14.1. The van der Waals surface area contributed by atoms with E-state index in [1.54, 1.807) is 5.30 Å². The van der Waals surface area contributed by atoms with Gasteiger partial charge in [-0.25, -0.2) is 11.1 Å². The van der Waals surface area contributed by atoms with E-state index in [2.05, 4.69) is 76.2 Å². The van der Waals surface area contributed by atoms with Crippen LogP contribution in [0.1, 0.15) is 66.2 Å². The van der Waals surface area contributed by atoms with Crippen molar-refractivity contribution in [3.8, 4) is 0 Å². The van der Waals surface area contributed by atoms with Crippen molar-refractivity contribution in [3.63, 3.8) is 0 Å². The molecule has 0 atom stereocenters. The second kappa shape index (κ2) is 16.7. The Balaban J connectivity index is 0.000000277. The molecule has 0 saturated carbocycles. The Bertz CT molecular complexity index is 709. The van der Waals surface area contributed by atoms with E-state index < -0.39 is 17.0 Å². The van der Waals surface area contributed by atoms with Gasteiger partial charge in [0, 0.05) is 0 Å². The van der Waals surface area contributed by atoms with Crippen LogP contribution in [-0.2, 0) is 17.0 Å². The molecule has 0 fully saturated rings. The molecule has 160 valence electrons. The quantitative estimate of drug-likeness (QED) is 0.199. The van der Waals surface area contributed by atoms with Crippen LogP contribution in [0.2, 0.25) is 0 Å². The molecule has 2 aromatic rings. The SMILES string of the molecule is CCCCC1=[C-]CC=C1C.CCCP(CCC)c1cc2ccccc2[cH-]1.[Cl][Ti][Cl]. The molecule has 0 heterocycles. The Kier molecular flexibility index (Phi) is 15.6. The minimum atomic E-state index is -0.556. The van der Waals surface area contributed by atoms with Crippen molar-refractivity contribution in [3.05, 3.63) is 59.7 Å². The molecule has 1 aliphatic rings. The second-order valence-corrected chi connectivity index (χ2v) is 12.3. The van der Waals surface area contributed by atoms with E-state index in [1.165, 1.54) is 66.3 Å². The summed E-state index contributed by atoms with van der Waals surface area (Å²) in [6.45, 7) is 9.01.